The van der Waals surface area contributed by atoms with Crippen molar-refractivity contribution in [2.75, 3.05) is 13.7 Å². The fourth-order valence-corrected chi connectivity index (χ4v) is 9.58. The van der Waals surface area contributed by atoms with Crippen LogP contribution in [0.2, 0.25) is 0 Å². The van der Waals surface area contributed by atoms with Gasteiger partial charge in [0.25, 0.3) is 0 Å². The first kappa shape index (κ1) is 41.8. The number of rotatable bonds is 14. The van der Waals surface area contributed by atoms with Gasteiger partial charge in [0.15, 0.2) is 5.78 Å². The summed E-state index contributed by atoms with van der Waals surface area (Å²) in [5, 5.41) is 9.11. The largest absolute Gasteiger partial charge is 0.468 e. The van der Waals surface area contributed by atoms with Gasteiger partial charge in [-0.05, 0) is 117 Å². The summed E-state index contributed by atoms with van der Waals surface area (Å²) in [6.45, 7) is 21.3. The molecule has 1 fully saturated rings. The van der Waals surface area contributed by atoms with E-state index in [2.05, 4.69) is 87.8 Å². The van der Waals surface area contributed by atoms with Crippen LogP contribution in [-0.4, -0.2) is 53.1 Å². The fourth-order valence-electron chi connectivity index (χ4n) is 9.58. The Labute approximate surface area is 337 Å². The van der Waals surface area contributed by atoms with E-state index in [0.717, 1.165) is 75.2 Å². The van der Waals surface area contributed by atoms with Crippen LogP contribution in [-0.2, 0) is 30.3 Å². The van der Waals surface area contributed by atoms with Crippen LogP contribution in [0.1, 0.15) is 120 Å². The molecule has 0 saturated carbocycles. The van der Waals surface area contributed by atoms with E-state index in [0.29, 0.717) is 28.8 Å². The molecule has 0 aromatic carbocycles. The van der Waals surface area contributed by atoms with Crippen LogP contribution in [0.3, 0.4) is 0 Å². The van der Waals surface area contributed by atoms with Crippen LogP contribution in [0.4, 0.5) is 0 Å². The molecule has 306 valence electrons. The third-order valence-corrected chi connectivity index (χ3v) is 13.1. The number of aromatic nitrogens is 2. The SMILES string of the molecule is C=Cc1c2[nH]c(c1C)/C=C1\NC(C3=C4N[C@@](N)(/C=c5\[nH]/c(c(C)c5CC)=C\2)C(C)=C4C(=O)[C@@H]3C(=O)OC)[C@@H](CCC(=O)OC/C=C(\C)CCC[C@H](C)CCC)[C@@H]1C. The molecule has 2 aromatic heterocycles. The summed E-state index contributed by atoms with van der Waals surface area (Å²) in [6, 6.07) is -0.488. The first-order chi connectivity index (χ1) is 27.2. The highest BCUT2D eigenvalue weighted by Gasteiger charge is 2.55. The van der Waals surface area contributed by atoms with Crippen molar-refractivity contribution in [3.63, 3.8) is 0 Å². The minimum atomic E-state index is -1.22. The summed E-state index contributed by atoms with van der Waals surface area (Å²) in [6.07, 6.45) is 17.3. The van der Waals surface area contributed by atoms with Gasteiger partial charge in [-0.15, -0.1) is 0 Å². The van der Waals surface area contributed by atoms with Crippen LogP contribution in [0.5, 0.6) is 0 Å². The smallest absolute Gasteiger partial charge is 0.320 e. The lowest BCUT2D eigenvalue weighted by atomic mass is 9.80. The second-order valence-electron chi connectivity index (χ2n) is 16.8. The Kier molecular flexibility index (Phi) is 12.4. The first-order valence-electron chi connectivity index (χ1n) is 20.9. The van der Waals surface area contributed by atoms with E-state index in [1.807, 2.05) is 25.2 Å². The predicted molar refractivity (Wildman–Crippen MR) is 228 cm³/mol. The number of nitrogens with two attached hydrogens (primary N) is 1. The van der Waals surface area contributed by atoms with Crippen molar-refractivity contribution in [1.29, 1.82) is 0 Å². The van der Waals surface area contributed by atoms with E-state index in [9.17, 15) is 14.4 Å². The zero-order valence-corrected chi connectivity index (χ0v) is 35.5. The van der Waals surface area contributed by atoms with Crippen LogP contribution < -0.4 is 27.1 Å². The average molecular weight is 778 g/mol. The molecule has 1 unspecified atom stereocenters. The second-order valence-corrected chi connectivity index (χ2v) is 16.8. The zero-order chi connectivity index (χ0) is 41.3. The molecule has 0 amide bonds. The molecule has 10 heteroatoms. The highest BCUT2D eigenvalue weighted by atomic mass is 16.5. The molecule has 57 heavy (non-hydrogen) atoms. The molecule has 1 aliphatic carbocycles. The Hall–Kier alpha value is -4.83. The van der Waals surface area contributed by atoms with Gasteiger partial charge in [-0.1, -0.05) is 65.2 Å². The van der Waals surface area contributed by atoms with Gasteiger partial charge in [-0.25, -0.2) is 0 Å². The lowest BCUT2D eigenvalue weighted by Gasteiger charge is -2.29. The number of ether oxygens (including phenoxy) is 2. The van der Waals surface area contributed by atoms with Crippen LogP contribution in [0, 0.1) is 37.5 Å². The number of Topliss-reactive ketones (excluding diaryl/α,β-unsaturated/α-hetero) is 1. The molecule has 0 spiro atoms. The Balaban J connectivity index is 1.40. The average Bonchev–Trinajstić information content (AvgIpc) is 3.89. The number of carbonyl (C=O) groups is 3. The minimum absolute atomic E-state index is 0.0795. The van der Waals surface area contributed by atoms with E-state index >= 15 is 0 Å². The zero-order valence-electron chi connectivity index (χ0n) is 35.5. The number of H-pyrrole nitrogens is 2. The molecule has 8 bridgehead atoms. The van der Waals surface area contributed by atoms with E-state index in [1.54, 1.807) is 0 Å². The lowest BCUT2D eigenvalue weighted by Crippen LogP contribution is -2.51. The van der Waals surface area contributed by atoms with Gasteiger partial charge in [-0.3, -0.25) is 14.4 Å². The monoisotopic (exact) mass is 777 g/mol. The minimum Gasteiger partial charge on any atom is -0.468 e. The first-order valence-corrected chi connectivity index (χ1v) is 20.9. The van der Waals surface area contributed by atoms with Crippen LogP contribution in [0.25, 0.3) is 24.3 Å². The number of hydrogen-bond acceptors (Lipinski definition) is 8. The van der Waals surface area contributed by atoms with Crippen molar-refractivity contribution in [3.8, 4) is 0 Å². The number of hydrogen-bond donors (Lipinski definition) is 5. The normalized spacial score (nSPS) is 26.5. The summed E-state index contributed by atoms with van der Waals surface area (Å²) in [4.78, 5) is 48.6. The molecule has 6 rings (SSSR count). The third kappa shape index (κ3) is 7.90. The molecular weight excluding hydrogens is 715 g/mol. The van der Waals surface area contributed by atoms with Crippen molar-refractivity contribution in [2.24, 2.45) is 29.4 Å². The number of nitrogens with one attached hydrogen (secondary N) is 4. The summed E-state index contributed by atoms with van der Waals surface area (Å²) < 4.78 is 11.0. The quantitative estimate of drug-likeness (QED) is 0.0837. The number of aromatic amines is 2. The second kappa shape index (κ2) is 16.9. The maximum absolute atomic E-state index is 14.4. The summed E-state index contributed by atoms with van der Waals surface area (Å²) in [5.74, 6) is -1.93. The Morgan fingerprint density at radius 1 is 1.05 bits per heavy atom. The van der Waals surface area contributed by atoms with E-state index in [1.165, 1.54) is 31.9 Å². The molecule has 6 atom stereocenters. The van der Waals surface area contributed by atoms with Gasteiger partial charge in [0.1, 0.15) is 18.2 Å². The third-order valence-electron chi connectivity index (χ3n) is 13.1. The Bertz CT molecular complexity index is 2210. The molecular formula is C47H63N5O5. The molecule has 3 aliphatic heterocycles. The van der Waals surface area contributed by atoms with Gasteiger partial charge >= 0.3 is 11.9 Å². The van der Waals surface area contributed by atoms with E-state index in [-0.39, 0.29) is 36.6 Å². The van der Waals surface area contributed by atoms with Crippen molar-refractivity contribution in [1.82, 2.24) is 20.6 Å². The molecule has 0 radical (unpaired) electrons. The van der Waals surface area contributed by atoms with Crippen molar-refractivity contribution in [2.45, 2.75) is 118 Å². The molecule has 6 N–H and O–H groups in total. The highest BCUT2D eigenvalue weighted by molar-refractivity contribution is 6.18. The Morgan fingerprint density at radius 2 is 1.81 bits per heavy atom. The van der Waals surface area contributed by atoms with E-state index < -0.39 is 23.6 Å². The van der Waals surface area contributed by atoms with Crippen LogP contribution in [0.15, 0.2) is 46.3 Å². The van der Waals surface area contributed by atoms with Gasteiger partial charge in [-0.2, -0.15) is 0 Å². The topological polar surface area (TPSA) is 151 Å². The Morgan fingerprint density at radius 3 is 2.49 bits per heavy atom. The maximum atomic E-state index is 14.4. The van der Waals surface area contributed by atoms with E-state index in [4.69, 9.17) is 15.2 Å². The number of carbonyl (C=O) groups excluding carboxylic acids is 3. The van der Waals surface area contributed by atoms with Gasteiger partial charge in [0.2, 0.25) is 0 Å². The van der Waals surface area contributed by atoms with Crippen molar-refractivity contribution < 1.29 is 23.9 Å². The fraction of sp³-hybridized carbons (Fsp3) is 0.511. The molecule has 10 nitrogen and oxygen atoms in total. The lowest BCUT2D eigenvalue weighted by molar-refractivity contribution is -0.147. The number of methoxy groups -OCH3 is 1. The number of fused-ring (bicyclic) bond motifs is 8. The number of allylic oxidation sites excluding steroid dienone is 3. The molecule has 2 aromatic rings. The highest BCUT2D eigenvalue weighted by Crippen LogP contribution is 2.48. The summed E-state index contributed by atoms with van der Waals surface area (Å²) in [5.41, 5.74) is 16.5. The molecule has 5 heterocycles. The van der Waals surface area contributed by atoms with Crippen molar-refractivity contribution >= 4 is 42.0 Å². The van der Waals surface area contributed by atoms with Gasteiger partial charge in [0.05, 0.1) is 13.2 Å². The maximum Gasteiger partial charge on any atom is 0.320 e. The van der Waals surface area contributed by atoms with Gasteiger partial charge < -0.3 is 35.8 Å². The van der Waals surface area contributed by atoms with Crippen LogP contribution >= 0.6 is 0 Å². The number of esters is 2. The summed E-state index contributed by atoms with van der Waals surface area (Å²) in [7, 11) is 1.31. The molecule has 1 saturated heterocycles. The van der Waals surface area contributed by atoms with Crippen molar-refractivity contribution in [3.05, 3.63) is 90.7 Å². The standard InChI is InChI=1S/C47H63N5O5/c1-11-15-25(4)16-14-17-26(5)20-21-57-39(53)19-18-33-29(8)36-22-34-27(6)31(12-2)37(49-34)23-35-28(7)32(13-3)38(50-35)24-47(48)30(9)40-44(52-47)41(43(33)51-36)42(45(40)54)46(55)56-10/h12,20,22-25,29,33,42-43,49-52H,2,11,13-19,21,48H2,1,3-10H3/b26-20+,35-23-,36-22-,38-24-/t25-,29+,33+,42-,43?,47+/m1/s1. The van der Waals surface area contributed by atoms with Gasteiger partial charge in [0, 0.05) is 57.0 Å². The predicted octanol–water partition coefficient (Wildman–Crippen LogP) is 6.43. The summed E-state index contributed by atoms with van der Waals surface area (Å²) >= 11 is 0. The molecule has 4 aliphatic rings. The number of ketones is 1.